The third-order valence-corrected chi connectivity index (χ3v) is 4.66. The monoisotopic (exact) mass is 274 g/mol. The van der Waals surface area contributed by atoms with Crippen molar-refractivity contribution in [3.63, 3.8) is 0 Å². The summed E-state index contributed by atoms with van der Waals surface area (Å²) in [4.78, 5) is 12.0. The number of rotatable bonds is 4. The maximum absolute atomic E-state index is 12.0. The summed E-state index contributed by atoms with van der Waals surface area (Å²) in [5.74, 6) is 0.513. The normalized spacial score (nSPS) is 31.5. The van der Waals surface area contributed by atoms with Gasteiger partial charge >= 0.3 is 0 Å². The second-order valence-electron chi connectivity index (χ2n) is 5.89. The van der Waals surface area contributed by atoms with Crippen molar-refractivity contribution in [2.24, 2.45) is 11.7 Å². The van der Waals surface area contributed by atoms with E-state index in [9.17, 15) is 4.79 Å². The van der Waals surface area contributed by atoms with Crippen molar-refractivity contribution < 1.29 is 9.53 Å². The van der Waals surface area contributed by atoms with E-state index in [2.05, 4.69) is 24.4 Å². The van der Waals surface area contributed by atoms with Crippen LogP contribution < -0.4 is 11.1 Å². The highest BCUT2D eigenvalue weighted by molar-refractivity contribution is 5.77. The van der Waals surface area contributed by atoms with Crippen LogP contribution in [0.5, 0.6) is 0 Å². The van der Waals surface area contributed by atoms with Gasteiger partial charge in [-0.3, -0.25) is 4.79 Å². The van der Waals surface area contributed by atoms with Gasteiger partial charge in [-0.25, -0.2) is 0 Å². The number of fused-ring (bicyclic) bond motifs is 1. The van der Waals surface area contributed by atoms with Crippen LogP contribution in [0.4, 0.5) is 0 Å². The maximum Gasteiger partial charge on any atom is 0.220 e. The summed E-state index contributed by atoms with van der Waals surface area (Å²) in [6, 6.07) is 8.25. The molecule has 4 nitrogen and oxygen atoms in total. The maximum atomic E-state index is 12.0. The third kappa shape index (κ3) is 2.45. The standard InChI is InChI=1S/C16H22N2O2/c1-10-4-2-3-5-11(10)6-7-13(19)18-15-14(17)12-8-9-20-16(12)15/h2-5,12,14-16H,6-9,17H2,1H3,(H,18,19). The lowest BCUT2D eigenvalue weighted by Gasteiger charge is -2.45. The predicted octanol–water partition coefficient (Wildman–Crippen LogP) is 1.16. The van der Waals surface area contributed by atoms with Crippen LogP contribution in [0.3, 0.4) is 0 Å². The Morgan fingerprint density at radius 1 is 1.45 bits per heavy atom. The molecular weight excluding hydrogens is 252 g/mol. The lowest BCUT2D eigenvalue weighted by Crippen LogP contribution is -2.68. The van der Waals surface area contributed by atoms with Crippen molar-refractivity contribution >= 4 is 5.91 Å². The molecular formula is C16H22N2O2. The first-order valence-corrected chi connectivity index (χ1v) is 7.38. The Hall–Kier alpha value is -1.39. The second kappa shape index (κ2) is 5.54. The van der Waals surface area contributed by atoms with Gasteiger partial charge in [-0.1, -0.05) is 24.3 Å². The number of carbonyl (C=O) groups excluding carboxylic acids is 1. The van der Waals surface area contributed by atoms with Gasteiger partial charge in [-0.2, -0.15) is 0 Å². The molecule has 20 heavy (non-hydrogen) atoms. The minimum absolute atomic E-state index is 0.00636. The first kappa shape index (κ1) is 13.6. The van der Waals surface area contributed by atoms with Crippen molar-refractivity contribution in [1.29, 1.82) is 0 Å². The van der Waals surface area contributed by atoms with Gasteiger partial charge in [-0.05, 0) is 30.9 Å². The van der Waals surface area contributed by atoms with E-state index in [1.54, 1.807) is 0 Å². The van der Waals surface area contributed by atoms with E-state index in [0.29, 0.717) is 12.3 Å². The molecule has 1 aromatic carbocycles. The molecule has 1 aliphatic heterocycles. The number of ether oxygens (including phenoxy) is 1. The summed E-state index contributed by atoms with van der Waals surface area (Å²) in [6.07, 6.45) is 2.45. The molecule has 1 heterocycles. The fourth-order valence-corrected chi connectivity index (χ4v) is 3.32. The average Bonchev–Trinajstić information content (AvgIpc) is 2.88. The van der Waals surface area contributed by atoms with Crippen LogP contribution >= 0.6 is 0 Å². The summed E-state index contributed by atoms with van der Waals surface area (Å²) in [5.41, 5.74) is 8.56. The van der Waals surface area contributed by atoms with Crippen LogP contribution in [0.1, 0.15) is 24.0 Å². The average molecular weight is 274 g/mol. The molecule has 4 atom stereocenters. The minimum Gasteiger partial charge on any atom is -0.376 e. The van der Waals surface area contributed by atoms with E-state index in [1.807, 2.05) is 12.1 Å². The lowest BCUT2D eigenvalue weighted by molar-refractivity contribution is -0.125. The molecule has 0 radical (unpaired) electrons. The first-order chi connectivity index (χ1) is 9.66. The van der Waals surface area contributed by atoms with Gasteiger partial charge in [-0.15, -0.1) is 0 Å². The zero-order valence-electron chi connectivity index (χ0n) is 11.8. The number of carbonyl (C=O) groups is 1. The highest BCUT2D eigenvalue weighted by Gasteiger charge is 2.52. The number of hydrogen-bond acceptors (Lipinski definition) is 3. The highest BCUT2D eigenvalue weighted by Crippen LogP contribution is 2.37. The number of nitrogens with one attached hydrogen (secondary N) is 1. The Morgan fingerprint density at radius 3 is 3.05 bits per heavy atom. The molecule has 1 saturated carbocycles. The van der Waals surface area contributed by atoms with Gasteiger partial charge in [0, 0.05) is 25.0 Å². The van der Waals surface area contributed by atoms with E-state index >= 15 is 0 Å². The van der Waals surface area contributed by atoms with E-state index in [1.165, 1.54) is 11.1 Å². The van der Waals surface area contributed by atoms with E-state index in [-0.39, 0.29) is 24.1 Å². The summed E-state index contributed by atoms with van der Waals surface area (Å²) < 4.78 is 5.62. The zero-order valence-corrected chi connectivity index (χ0v) is 11.8. The molecule has 1 amide bonds. The molecule has 1 aliphatic carbocycles. The Balaban J connectivity index is 1.50. The summed E-state index contributed by atoms with van der Waals surface area (Å²) in [6.45, 7) is 2.85. The number of aryl methyl sites for hydroxylation is 2. The van der Waals surface area contributed by atoms with Crippen LogP contribution in [0.15, 0.2) is 24.3 Å². The SMILES string of the molecule is Cc1ccccc1CCC(=O)NC1C(N)C2CCOC21. The molecule has 3 N–H and O–H groups in total. The summed E-state index contributed by atoms with van der Waals surface area (Å²) in [5, 5.41) is 3.04. The van der Waals surface area contributed by atoms with Gasteiger partial charge in [0.25, 0.3) is 0 Å². The third-order valence-electron chi connectivity index (χ3n) is 4.66. The van der Waals surface area contributed by atoms with Crippen LogP contribution in [0, 0.1) is 12.8 Å². The number of nitrogens with two attached hydrogens (primary N) is 1. The van der Waals surface area contributed by atoms with Crippen LogP contribution in [0.25, 0.3) is 0 Å². The second-order valence-corrected chi connectivity index (χ2v) is 5.89. The van der Waals surface area contributed by atoms with Crippen molar-refractivity contribution in [1.82, 2.24) is 5.32 Å². The Kier molecular flexibility index (Phi) is 3.76. The summed E-state index contributed by atoms with van der Waals surface area (Å²) in [7, 11) is 0. The van der Waals surface area contributed by atoms with E-state index < -0.39 is 0 Å². The minimum atomic E-state index is 0.00636. The van der Waals surface area contributed by atoms with Gasteiger partial charge in [0.1, 0.15) is 0 Å². The fraction of sp³-hybridized carbons (Fsp3) is 0.562. The molecule has 2 fully saturated rings. The van der Waals surface area contributed by atoms with Gasteiger partial charge < -0.3 is 15.8 Å². The largest absolute Gasteiger partial charge is 0.376 e. The van der Waals surface area contributed by atoms with Crippen LogP contribution in [-0.4, -0.2) is 30.7 Å². The quantitative estimate of drug-likeness (QED) is 0.866. The lowest BCUT2D eigenvalue weighted by atomic mass is 9.72. The van der Waals surface area contributed by atoms with Crippen molar-refractivity contribution in [2.75, 3.05) is 6.61 Å². The number of amides is 1. The Labute approximate surface area is 119 Å². The van der Waals surface area contributed by atoms with Crippen molar-refractivity contribution in [3.8, 4) is 0 Å². The van der Waals surface area contributed by atoms with E-state index in [0.717, 1.165) is 19.4 Å². The Morgan fingerprint density at radius 2 is 2.25 bits per heavy atom. The molecule has 0 bridgehead atoms. The molecule has 4 unspecified atom stereocenters. The molecule has 3 rings (SSSR count). The fourth-order valence-electron chi connectivity index (χ4n) is 3.32. The molecule has 4 heteroatoms. The molecule has 1 saturated heterocycles. The molecule has 0 aromatic heterocycles. The van der Waals surface area contributed by atoms with Crippen molar-refractivity contribution in [2.45, 2.75) is 44.4 Å². The molecule has 2 aliphatic rings. The zero-order chi connectivity index (χ0) is 14.1. The smallest absolute Gasteiger partial charge is 0.220 e. The predicted molar refractivity (Wildman–Crippen MR) is 77.3 cm³/mol. The molecule has 0 spiro atoms. The van der Waals surface area contributed by atoms with E-state index in [4.69, 9.17) is 10.5 Å². The number of benzene rings is 1. The van der Waals surface area contributed by atoms with Crippen LogP contribution in [-0.2, 0) is 16.0 Å². The van der Waals surface area contributed by atoms with Gasteiger partial charge in [0.05, 0.1) is 12.1 Å². The molecule has 108 valence electrons. The van der Waals surface area contributed by atoms with Gasteiger partial charge in [0.2, 0.25) is 5.91 Å². The van der Waals surface area contributed by atoms with Crippen molar-refractivity contribution in [3.05, 3.63) is 35.4 Å². The topological polar surface area (TPSA) is 64.4 Å². The van der Waals surface area contributed by atoms with Crippen LogP contribution in [0.2, 0.25) is 0 Å². The Bertz CT molecular complexity index is 503. The number of hydrogen-bond donors (Lipinski definition) is 2. The van der Waals surface area contributed by atoms with Gasteiger partial charge in [0.15, 0.2) is 0 Å². The highest BCUT2D eigenvalue weighted by atomic mass is 16.5. The first-order valence-electron chi connectivity index (χ1n) is 7.38. The molecule has 1 aromatic rings. The summed E-state index contributed by atoms with van der Waals surface area (Å²) >= 11 is 0.